The minimum absolute atomic E-state index is 0.0409. The molecule has 2 aliphatic rings. The molecule has 2 aromatic carbocycles. The summed E-state index contributed by atoms with van der Waals surface area (Å²) in [6.45, 7) is 5.16. The van der Waals surface area contributed by atoms with Crippen LogP contribution in [-0.4, -0.2) is 58.6 Å². The number of anilines is 1. The molecule has 4 rings (SSSR count). The zero-order valence-corrected chi connectivity index (χ0v) is 17.7. The number of hydrogen-bond donors (Lipinski definition) is 1. The Hall–Kier alpha value is -2.36. The summed E-state index contributed by atoms with van der Waals surface area (Å²) in [5.41, 5.74) is 1.97. The molecule has 162 valence electrons. The highest BCUT2D eigenvalue weighted by Crippen LogP contribution is 2.35. The molecule has 1 N–H and O–H groups in total. The SMILES string of the molecule is CCS(=O)(=O)NCC(c1ccc2c(c1)OCO2)N1CCN(c2ccc(F)cc2)CC1. The van der Waals surface area contributed by atoms with Gasteiger partial charge in [-0.1, -0.05) is 6.07 Å². The van der Waals surface area contributed by atoms with Gasteiger partial charge in [0.1, 0.15) is 5.82 Å². The topological polar surface area (TPSA) is 71.1 Å². The van der Waals surface area contributed by atoms with Gasteiger partial charge in [0.25, 0.3) is 0 Å². The Morgan fingerprint density at radius 2 is 1.73 bits per heavy atom. The maximum absolute atomic E-state index is 13.2. The fraction of sp³-hybridized carbons (Fsp3) is 0.429. The summed E-state index contributed by atoms with van der Waals surface area (Å²) < 4.78 is 51.0. The van der Waals surface area contributed by atoms with Crippen LogP contribution in [-0.2, 0) is 10.0 Å². The molecular weight excluding hydrogens is 409 g/mol. The zero-order chi connectivity index (χ0) is 21.1. The van der Waals surface area contributed by atoms with Crippen molar-refractivity contribution in [1.82, 2.24) is 9.62 Å². The van der Waals surface area contributed by atoms with Gasteiger partial charge in [-0.3, -0.25) is 4.90 Å². The Labute approximate surface area is 176 Å². The van der Waals surface area contributed by atoms with Crippen molar-refractivity contribution in [1.29, 1.82) is 0 Å². The number of halogens is 1. The molecule has 2 heterocycles. The number of hydrogen-bond acceptors (Lipinski definition) is 6. The number of ether oxygens (including phenoxy) is 2. The molecule has 0 saturated carbocycles. The van der Waals surface area contributed by atoms with Crippen LogP contribution in [0.4, 0.5) is 10.1 Å². The van der Waals surface area contributed by atoms with Crippen LogP contribution in [0.5, 0.6) is 11.5 Å². The number of sulfonamides is 1. The standard InChI is InChI=1S/C21H26FN3O4S/c1-2-30(26,27)23-14-19(16-3-8-20-21(13-16)29-15-28-20)25-11-9-24(10-12-25)18-6-4-17(22)5-7-18/h3-8,13,19,23H,2,9-12,14-15H2,1H3. The number of rotatable bonds is 7. The minimum Gasteiger partial charge on any atom is -0.454 e. The number of benzene rings is 2. The number of piperazine rings is 1. The molecule has 0 bridgehead atoms. The molecule has 7 nitrogen and oxygen atoms in total. The van der Waals surface area contributed by atoms with Gasteiger partial charge < -0.3 is 14.4 Å². The van der Waals surface area contributed by atoms with Gasteiger partial charge in [0, 0.05) is 44.5 Å². The van der Waals surface area contributed by atoms with Crippen LogP contribution in [0.1, 0.15) is 18.5 Å². The summed E-state index contributed by atoms with van der Waals surface area (Å²) in [5.74, 6) is 1.18. The normalized spacial score (nSPS) is 17.9. The average Bonchev–Trinajstić information content (AvgIpc) is 3.23. The molecule has 0 spiro atoms. The van der Waals surface area contributed by atoms with Gasteiger partial charge in [0.2, 0.25) is 16.8 Å². The third-order valence-corrected chi connectivity index (χ3v) is 6.97. The molecule has 9 heteroatoms. The molecule has 30 heavy (non-hydrogen) atoms. The largest absolute Gasteiger partial charge is 0.454 e. The quantitative estimate of drug-likeness (QED) is 0.720. The van der Waals surface area contributed by atoms with E-state index in [1.54, 1.807) is 19.1 Å². The van der Waals surface area contributed by atoms with E-state index >= 15 is 0 Å². The van der Waals surface area contributed by atoms with Crippen molar-refractivity contribution < 1.29 is 22.3 Å². The summed E-state index contributed by atoms with van der Waals surface area (Å²) in [6.07, 6.45) is 0. The van der Waals surface area contributed by atoms with Crippen LogP contribution in [0.2, 0.25) is 0 Å². The van der Waals surface area contributed by atoms with Crippen molar-refractivity contribution in [2.24, 2.45) is 0 Å². The van der Waals surface area contributed by atoms with Gasteiger partial charge in [-0.15, -0.1) is 0 Å². The molecule has 1 atom stereocenters. The van der Waals surface area contributed by atoms with E-state index in [0.29, 0.717) is 11.5 Å². The molecule has 0 aliphatic carbocycles. The molecule has 1 unspecified atom stereocenters. The Kier molecular flexibility index (Phi) is 6.12. The minimum atomic E-state index is -3.31. The van der Waals surface area contributed by atoms with Crippen LogP contribution < -0.4 is 19.1 Å². The summed E-state index contributed by atoms with van der Waals surface area (Å²) >= 11 is 0. The van der Waals surface area contributed by atoms with Gasteiger partial charge in [-0.2, -0.15) is 0 Å². The average molecular weight is 436 g/mol. The molecule has 1 saturated heterocycles. The summed E-state index contributed by atoms with van der Waals surface area (Å²) in [6, 6.07) is 12.1. The van der Waals surface area contributed by atoms with Gasteiger partial charge in [0.05, 0.1) is 5.75 Å². The van der Waals surface area contributed by atoms with E-state index in [1.165, 1.54) is 12.1 Å². The Morgan fingerprint density at radius 1 is 1.03 bits per heavy atom. The maximum Gasteiger partial charge on any atom is 0.231 e. The lowest BCUT2D eigenvalue weighted by Gasteiger charge is -2.40. The monoisotopic (exact) mass is 435 g/mol. The maximum atomic E-state index is 13.2. The third-order valence-electron chi connectivity index (χ3n) is 5.60. The zero-order valence-electron chi connectivity index (χ0n) is 16.9. The van der Waals surface area contributed by atoms with E-state index in [0.717, 1.165) is 37.4 Å². The first-order valence-corrected chi connectivity index (χ1v) is 11.7. The first-order chi connectivity index (χ1) is 14.4. The lowest BCUT2D eigenvalue weighted by molar-refractivity contribution is 0.173. The second kappa shape index (κ2) is 8.79. The Bertz CT molecular complexity index is 976. The van der Waals surface area contributed by atoms with Crippen molar-refractivity contribution in [2.45, 2.75) is 13.0 Å². The number of fused-ring (bicyclic) bond motifs is 1. The Balaban J connectivity index is 1.50. The van der Waals surface area contributed by atoms with E-state index in [2.05, 4.69) is 14.5 Å². The van der Waals surface area contributed by atoms with Gasteiger partial charge in [0.15, 0.2) is 11.5 Å². The predicted octanol–water partition coefficient (Wildman–Crippen LogP) is 2.36. The summed E-state index contributed by atoms with van der Waals surface area (Å²) in [7, 11) is -3.31. The van der Waals surface area contributed by atoms with Gasteiger partial charge in [-0.05, 0) is 48.9 Å². The van der Waals surface area contributed by atoms with E-state index < -0.39 is 10.0 Å². The predicted molar refractivity (Wildman–Crippen MR) is 113 cm³/mol. The fourth-order valence-corrected chi connectivity index (χ4v) is 4.45. The highest BCUT2D eigenvalue weighted by molar-refractivity contribution is 7.89. The summed E-state index contributed by atoms with van der Waals surface area (Å²) in [5, 5.41) is 0. The van der Waals surface area contributed by atoms with Crippen LogP contribution in [0.15, 0.2) is 42.5 Å². The molecular formula is C21H26FN3O4S. The number of nitrogens with one attached hydrogen (secondary N) is 1. The first kappa shape index (κ1) is 20.9. The fourth-order valence-electron chi connectivity index (χ4n) is 3.83. The molecule has 2 aromatic rings. The lowest BCUT2D eigenvalue weighted by atomic mass is 10.0. The van der Waals surface area contributed by atoms with Crippen molar-refractivity contribution in [2.75, 3.05) is 50.2 Å². The number of nitrogens with zero attached hydrogens (tertiary/aromatic N) is 2. The van der Waals surface area contributed by atoms with Crippen molar-refractivity contribution in [3.8, 4) is 11.5 Å². The molecule has 2 aliphatic heterocycles. The molecule has 1 fully saturated rings. The first-order valence-electron chi connectivity index (χ1n) is 10.1. The van der Waals surface area contributed by atoms with Crippen molar-refractivity contribution >= 4 is 15.7 Å². The second-order valence-electron chi connectivity index (χ2n) is 7.38. The lowest BCUT2D eigenvalue weighted by Crippen LogP contribution is -2.50. The van der Waals surface area contributed by atoms with Gasteiger partial charge >= 0.3 is 0 Å². The highest BCUT2D eigenvalue weighted by Gasteiger charge is 2.28. The Morgan fingerprint density at radius 3 is 2.43 bits per heavy atom. The van der Waals surface area contributed by atoms with E-state index in [9.17, 15) is 12.8 Å². The van der Waals surface area contributed by atoms with Crippen molar-refractivity contribution in [3.63, 3.8) is 0 Å². The van der Waals surface area contributed by atoms with E-state index in [1.807, 2.05) is 18.2 Å². The highest BCUT2D eigenvalue weighted by atomic mass is 32.2. The van der Waals surface area contributed by atoms with E-state index in [4.69, 9.17) is 9.47 Å². The summed E-state index contributed by atoms with van der Waals surface area (Å²) in [4.78, 5) is 4.48. The smallest absolute Gasteiger partial charge is 0.231 e. The van der Waals surface area contributed by atoms with Crippen LogP contribution >= 0.6 is 0 Å². The van der Waals surface area contributed by atoms with Gasteiger partial charge in [-0.25, -0.2) is 17.5 Å². The van der Waals surface area contributed by atoms with Crippen LogP contribution in [0.3, 0.4) is 0 Å². The van der Waals surface area contributed by atoms with E-state index in [-0.39, 0.29) is 30.9 Å². The second-order valence-corrected chi connectivity index (χ2v) is 9.48. The van der Waals surface area contributed by atoms with Crippen molar-refractivity contribution in [3.05, 3.63) is 53.8 Å². The van der Waals surface area contributed by atoms with Crippen LogP contribution in [0.25, 0.3) is 0 Å². The van der Waals surface area contributed by atoms with Crippen LogP contribution in [0, 0.1) is 5.82 Å². The third kappa shape index (κ3) is 4.69. The molecule has 0 radical (unpaired) electrons. The molecule has 0 amide bonds. The molecule has 0 aromatic heterocycles.